The van der Waals surface area contributed by atoms with Crippen molar-refractivity contribution in [3.05, 3.63) is 12.0 Å². The number of piperidine rings is 1. The summed E-state index contributed by atoms with van der Waals surface area (Å²) in [6.07, 6.45) is 2.79. The number of hydrogen-bond acceptors (Lipinski definition) is 5. The molecule has 21 heavy (non-hydrogen) atoms. The predicted molar refractivity (Wildman–Crippen MR) is 79.0 cm³/mol. The van der Waals surface area contributed by atoms with Gasteiger partial charge in [-0.3, -0.25) is 0 Å². The second kappa shape index (κ2) is 6.15. The van der Waals surface area contributed by atoms with Crippen LogP contribution in [-0.4, -0.2) is 46.3 Å². The number of rotatable bonds is 4. The van der Waals surface area contributed by atoms with Crippen molar-refractivity contribution in [1.82, 2.24) is 13.9 Å². The van der Waals surface area contributed by atoms with Crippen molar-refractivity contribution in [1.29, 1.82) is 0 Å². The fraction of sp³-hybridized carbons (Fsp3) is 0.692. The van der Waals surface area contributed by atoms with E-state index in [9.17, 15) is 8.42 Å². The molecule has 1 aromatic heterocycles. The third kappa shape index (κ3) is 2.96. The van der Waals surface area contributed by atoms with E-state index in [1.54, 1.807) is 13.1 Å². The summed E-state index contributed by atoms with van der Waals surface area (Å²) in [7, 11) is -3.58. The lowest BCUT2D eigenvalue weighted by Crippen LogP contribution is -2.44. The second-order valence-electron chi connectivity index (χ2n) is 5.22. The van der Waals surface area contributed by atoms with Gasteiger partial charge in [-0.25, -0.2) is 13.4 Å². The number of sulfonamides is 1. The van der Waals surface area contributed by atoms with Crippen molar-refractivity contribution in [3.63, 3.8) is 0 Å². The van der Waals surface area contributed by atoms with Gasteiger partial charge in [-0.2, -0.15) is 4.31 Å². The minimum absolute atomic E-state index is 0.0344. The standard InChI is InChI=1S/C13H22N4O3S/c1-4-11-8-17(7-6-12(11)15-18)21(19,20)13-9-16(5-2)10(3)14-13/h9,11,18H,4-8H2,1-3H3. The first-order chi connectivity index (χ1) is 9.93. The molecule has 0 aromatic carbocycles. The molecule has 0 bridgehead atoms. The van der Waals surface area contributed by atoms with E-state index in [0.29, 0.717) is 37.6 Å². The summed E-state index contributed by atoms with van der Waals surface area (Å²) in [5.74, 6) is 0.658. The topological polar surface area (TPSA) is 87.8 Å². The molecule has 0 aliphatic carbocycles. The normalized spacial score (nSPS) is 22.8. The first-order valence-corrected chi connectivity index (χ1v) is 8.62. The van der Waals surface area contributed by atoms with Crippen LogP contribution >= 0.6 is 0 Å². The Bertz CT molecular complexity index is 636. The van der Waals surface area contributed by atoms with Crippen LogP contribution in [0.2, 0.25) is 0 Å². The highest BCUT2D eigenvalue weighted by molar-refractivity contribution is 7.89. The fourth-order valence-electron chi connectivity index (χ4n) is 2.66. The monoisotopic (exact) mass is 314 g/mol. The summed E-state index contributed by atoms with van der Waals surface area (Å²) >= 11 is 0. The Morgan fingerprint density at radius 2 is 2.19 bits per heavy atom. The molecule has 2 rings (SSSR count). The molecule has 1 fully saturated rings. The lowest BCUT2D eigenvalue weighted by Gasteiger charge is -2.31. The quantitative estimate of drug-likeness (QED) is 0.673. The predicted octanol–water partition coefficient (Wildman–Crippen LogP) is 1.46. The summed E-state index contributed by atoms with van der Waals surface area (Å²) in [4.78, 5) is 4.17. The maximum atomic E-state index is 12.7. The van der Waals surface area contributed by atoms with Crippen LogP contribution in [0.1, 0.15) is 32.5 Å². The van der Waals surface area contributed by atoms with Crippen molar-refractivity contribution < 1.29 is 13.6 Å². The lowest BCUT2D eigenvalue weighted by molar-refractivity contribution is 0.295. The molecule has 0 saturated carbocycles. The Hall–Kier alpha value is -1.41. The third-order valence-corrected chi connectivity index (χ3v) is 5.77. The molecule has 1 atom stereocenters. The van der Waals surface area contributed by atoms with Crippen molar-refractivity contribution in [2.75, 3.05) is 13.1 Å². The van der Waals surface area contributed by atoms with Crippen LogP contribution < -0.4 is 0 Å². The zero-order valence-electron chi connectivity index (χ0n) is 12.7. The summed E-state index contributed by atoms with van der Waals surface area (Å²) < 4.78 is 28.6. The van der Waals surface area contributed by atoms with Crippen LogP contribution in [0.25, 0.3) is 0 Å². The molecule has 1 aliphatic rings. The zero-order chi connectivity index (χ0) is 15.6. The van der Waals surface area contributed by atoms with E-state index in [2.05, 4.69) is 10.1 Å². The minimum Gasteiger partial charge on any atom is -0.411 e. The van der Waals surface area contributed by atoms with E-state index >= 15 is 0 Å². The summed E-state index contributed by atoms with van der Waals surface area (Å²) in [6, 6.07) is 0. The van der Waals surface area contributed by atoms with Gasteiger partial charge in [0.2, 0.25) is 0 Å². The number of imidazole rings is 1. The van der Waals surface area contributed by atoms with Gasteiger partial charge in [0, 0.05) is 38.2 Å². The van der Waals surface area contributed by atoms with E-state index in [-0.39, 0.29) is 10.9 Å². The molecule has 118 valence electrons. The Morgan fingerprint density at radius 3 is 2.71 bits per heavy atom. The van der Waals surface area contributed by atoms with Crippen LogP contribution in [-0.2, 0) is 16.6 Å². The smallest absolute Gasteiger partial charge is 0.262 e. The Kier molecular flexibility index (Phi) is 4.67. The maximum Gasteiger partial charge on any atom is 0.262 e. The van der Waals surface area contributed by atoms with Crippen molar-refractivity contribution in [3.8, 4) is 0 Å². The lowest BCUT2D eigenvalue weighted by atomic mass is 9.95. The van der Waals surface area contributed by atoms with Gasteiger partial charge in [0.25, 0.3) is 10.0 Å². The molecular weight excluding hydrogens is 292 g/mol. The van der Waals surface area contributed by atoms with E-state index in [4.69, 9.17) is 5.21 Å². The molecule has 7 nitrogen and oxygen atoms in total. The molecule has 0 spiro atoms. The molecule has 2 heterocycles. The van der Waals surface area contributed by atoms with Gasteiger partial charge in [0.1, 0.15) is 5.82 Å². The van der Waals surface area contributed by atoms with Gasteiger partial charge < -0.3 is 9.77 Å². The number of hydrogen-bond donors (Lipinski definition) is 1. The van der Waals surface area contributed by atoms with Crippen LogP contribution in [0.3, 0.4) is 0 Å². The van der Waals surface area contributed by atoms with Crippen molar-refractivity contribution in [2.24, 2.45) is 11.1 Å². The number of oxime groups is 1. The highest BCUT2D eigenvalue weighted by atomic mass is 32.2. The average Bonchev–Trinajstić information content (AvgIpc) is 2.88. The Balaban J connectivity index is 2.27. The van der Waals surface area contributed by atoms with Gasteiger partial charge in [-0.1, -0.05) is 12.1 Å². The molecule has 1 unspecified atom stereocenters. The summed E-state index contributed by atoms with van der Waals surface area (Å²) in [5.41, 5.74) is 0.680. The number of aromatic nitrogens is 2. The molecule has 0 radical (unpaired) electrons. The van der Waals surface area contributed by atoms with Crippen LogP contribution in [0.5, 0.6) is 0 Å². The molecule has 0 amide bonds. The van der Waals surface area contributed by atoms with E-state index < -0.39 is 10.0 Å². The van der Waals surface area contributed by atoms with E-state index in [0.717, 1.165) is 6.42 Å². The van der Waals surface area contributed by atoms with Crippen LogP contribution in [0.4, 0.5) is 0 Å². The number of aryl methyl sites for hydroxylation is 2. The van der Waals surface area contributed by atoms with E-state index in [1.807, 2.05) is 18.4 Å². The second-order valence-corrected chi connectivity index (χ2v) is 7.11. The van der Waals surface area contributed by atoms with Gasteiger partial charge in [0.15, 0.2) is 5.03 Å². The highest BCUT2D eigenvalue weighted by Crippen LogP contribution is 2.23. The Morgan fingerprint density at radius 1 is 1.48 bits per heavy atom. The van der Waals surface area contributed by atoms with Gasteiger partial charge in [-0.15, -0.1) is 0 Å². The van der Waals surface area contributed by atoms with Gasteiger partial charge in [-0.05, 0) is 20.3 Å². The van der Waals surface area contributed by atoms with Crippen molar-refractivity contribution in [2.45, 2.75) is 45.2 Å². The first kappa shape index (κ1) is 16.0. The molecule has 1 N–H and O–H groups in total. The number of nitrogens with zero attached hydrogens (tertiary/aromatic N) is 4. The first-order valence-electron chi connectivity index (χ1n) is 7.18. The Labute approximate surface area is 125 Å². The van der Waals surface area contributed by atoms with Crippen LogP contribution in [0, 0.1) is 12.8 Å². The molecule has 8 heteroatoms. The highest BCUT2D eigenvalue weighted by Gasteiger charge is 2.34. The maximum absolute atomic E-state index is 12.7. The fourth-order valence-corrected chi connectivity index (χ4v) is 4.14. The molecular formula is C13H22N4O3S. The molecule has 1 aromatic rings. The van der Waals surface area contributed by atoms with Crippen LogP contribution in [0.15, 0.2) is 16.4 Å². The largest absolute Gasteiger partial charge is 0.411 e. The average molecular weight is 314 g/mol. The van der Waals surface area contributed by atoms with E-state index in [1.165, 1.54) is 4.31 Å². The van der Waals surface area contributed by atoms with Gasteiger partial charge in [0.05, 0.1) is 5.71 Å². The third-order valence-electron chi connectivity index (χ3n) is 4.03. The SMILES string of the molecule is CCC1CN(S(=O)(=O)c2cn(CC)c(C)n2)CCC1=NO. The van der Waals surface area contributed by atoms with Crippen molar-refractivity contribution >= 4 is 15.7 Å². The zero-order valence-corrected chi connectivity index (χ0v) is 13.5. The summed E-state index contributed by atoms with van der Waals surface area (Å²) in [6.45, 7) is 7.06. The molecule has 1 saturated heterocycles. The molecule has 1 aliphatic heterocycles. The van der Waals surface area contributed by atoms with Gasteiger partial charge >= 0.3 is 0 Å². The summed E-state index contributed by atoms with van der Waals surface area (Å²) in [5, 5.41) is 12.4. The minimum atomic E-state index is -3.58.